The van der Waals surface area contributed by atoms with Gasteiger partial charge in [-0.25, -0.2) is 0 Å². The van der Waals surface area contributed by atoms with Crippen LogP contribution in [-0.2, 0) is 4.74 Å². The molecule has 0 spiro atoms. The topological polar surface area (TPSA) is 24.5 Å². The highest BCUT2D eigenvalue weighted by molar-refractivity contribution is 4.93. The molecule has 1 aliphatic carbocycles. The van der Waals surface area contributed by atoms with Gasteiger partial charge in [0.15, 0.2) is 0 Å². The number of nitrogens with one attached hydrogen (secondary N) is 1. The summed E-state index contributed by atoms with van der Waals surface area (Å²) in [6.45, 7) is 2.01. The van der Waals surface area contributed by atoms with Crippen LogP contribution in [0, 0.1) is 5.41 Å². The van der Waals surface area contributed by atoms with Gasteiger partial charge in [0.1, 0.15) is 0 Å². The summed E-state index contributed by atoms with van der Waals surface area (Å²) in [5.74, 6) is 0. The normalized spacial score (nSPS) is 23.8. The Morgan fingerprint density at radius 1 is 1.26 bits per heavy atom. The van der Waals surface area contributed by atoms with Crippen molar-refractivity contribution in [2.75, 3.05) is 39.9 Å². The van der Waals surface area contributed by atoms with E-state index in [9.17, 15) is 13.2 Å². The van der Waals surface area contributed by atoms with Crippen molar-refractivity contribution in [2.24, 2.45) is 5.41 Å². The van der Waals surface area contributed by atoms with E-state index in [0.29, 0.717) is 13.2 Å². The SMILES string of the molecule is COCC1(CN(CC(F)(F)F)C2CC2)CCNCC1. The van der Waals surface area contributed by atoms with Crippen LogP contribution in [0.25, 0.3) is 0 Å². The Hall–Kier alpha value is -0.330. The number of hydrogen-bond donors (Lipinski definition) is 1. The number of piperidine rings is 1. The third-order valence-corrected chi connectivity index (χ3v) is 4.10. The van der Waals surface area contributed by atoms with Crippen LogP contribution in [0.3, 0.4) is 0 Å². The fourth-order valence-corrected chi connectivity index (χ4v) is 3.03. The summed E-state index contributed by atoms with van der Waals surface area (Å²) in [7, 11) is 1.63. The van der Waals surface area contributed by atoms with Crippen LogP contribution in [0.4, 0.5) is 13.2 Å². The molecule has 1 saturated heterocycles. The smallest absolute Gasteiger partial charge is 0.384 e. The first kappa shape index (κ1) is 15.1. The number of rotatable bonds is 6. The van der Waals surface area contributed by atoms with Crippen LogP contribution < -0.4 is 5.32 Å². The average Bonchev–Trinajstić information content (AvgIpc) is 3.11. The molecule has 0 aromatic heterocycles. The Balaban J connectivity index is 2.00. The fraction of sp³-hybridized carbons (Fsp3) is 1.00. The van der Waals surface area contributed by atoms with Gasteiger partial charge in [0.05, 0.1) is 13.2 Å². The molecule has 0 aromatic rings. The highest BCUT2D eigenvalue weighted by atomic mass is 19.4. The Morgan fingerprint density at radius 2 is 1.89 bits per heavy atom. The second-order valence-electron chi connectivity index (χ2n) is 5.93. The van der Waals surface area contributed by atoms with Gasteiger partial charge >= 0.3 is 6.18 Å². The standard InChI is InChI=1S/C13H23F3N2O/c1-19-10-12(4-6-17-7-5-12)8-18(11-2-3-11)9-13(14,15)16/h11,17H,2-10H2,1H3. The molecule has 0 aromatic carbocycles. The molecular formula is C13H23F3N2O. The molecule has 0 unspecified atom stereocenters. The number of nitrogens with zero attached hydrogens (tertiary/aromatic N) is 1. The summed E-state index contributed by atoms with van der Waals surface area (Å²) in [5, 5.41) is 3.27. The Labute approximate surface area is 112 Å². The summed E-state index contributed by atoms with van der Waals surface area (Å²) >= 11 is 0. The lowest BCUT2D eigenvalue weighted by Crippen LogP contribution is -2.49. The van der Waals surface area contributed by atoms with E-state index in [-0.39, 0.29) is 11.5 Å². The molecule has 2 fully saturated rings. The van der Waals surface area contributed by atoms with Crippen molar-refractivity contribution in [1.82, 2.24) is 10.2 Å². The predicted octanol–water partition coefficient (Wildman–Crippen LogP) is 2.03. The largest absolute Gasteiger partial charge is 0.401 e. The molecule has 3 nitrogen and oxygen atoms in total. The van der Waals surface area contributed by atoms with Crippen LogP contribution in [0.2, 0.25) is 0 Å². The van der Waals surface area contributed by atoms with Gasteiger partial charge in [0.25, 0.3) is 0 Å². The van der Waals surface area contributed by atoms with E-state index in [4.69, 9.17) is 4.74 Å². The molecule has 112 valence electrons. The van der Waals surface area contributed by atoms with Crippen LogP contribution in [0.5, 0.6) is 0 Å². The van der Waals surface area contributed by atoms with Gasteiger partial charge in [0.2, 0.25) is 0 Å². The summed E-state index contributed by atoms with van der Waals surface area (Å²) in [5.41, 5.74) is -0.117. The van der Waals surface area contributed by atoms with Gasteiger partial charge in [-0.3, -0.25) is 4.90 Å². The van der Waals surface area contributed by atoms with Crippen molar-refractivity contribution in [1.29, 1.82) is 0 Å². The lowest BCUT2D eigenvalue weighted by Gasteiger charge is -2.41. The van der Waals surface area contributed by atoms with Crippen molar-refractivity contribution in [3.63, 3.8) is 0 Å². The highest BCUT2D eigenvalue weighted by Gasteiger charge is 2.43. The summed E-state index contributed by atoms with van der Waals surface area (Å²) in [6, 6.07) is 0.130. The second kappa shape index (κ2) is 5.97. The molecule has 0 amide bonds. The summed E-state index contributed by atoms with van der Waals surface area (Å²) in [6.07, 6.45) is -0.525. The first-order valence-corrected chi connectivity index (χ1v) is 6.95. The summed E-state index contributed by atoms with van der Waals surface area (Å²) < 4.78 is 43.3. The van der Waals surface area contributed by atoms with Crippen LogP contribution >= 0.6 is 0 Å². The Bertz CT molecular complexity index is 281. The number of ether oxygens (including phenoxy) is 1. The Morgan fingerprint density at radius 3 is 2.37 bits per heavy atom. The number of alkyl halides is 3. The molecule has 6 heteroatoms. The van der Waals surface area contributed by atoms with E-state index < -0.39 is 12.7 Å². The van der Waals surface area contributed by atoms with E-state index in [1.165, 1.54) is 0 Å². The third-order valence-electron chi connectivity index (χ3n) is 4.10. The number of hydrogen-bond acceptors (Lipinski definition) is 3. The van der Waals surface area contributed by atoms with Crippen LogP contribution in [0.15, 0.2) is 0 Å². The lowest BCUT2D eigenvalue weighted by atomic mass is 9.79. The zero-order valence-electron chi connectivity index (χ0n) is 11.4. The maximum absolute atomic E-state index is 12.7. The van der Waals surface area contributed by atoms with E-state index >= 15 is 0 Å². The first-order valence-electron chi connectivity index (χ1n) is 6.95. The van der Waals surface area contributed by atoms with Gasteiger partial charge in [-0.15, -0.1) is 0 Å². The quantitative estimate of drug-likeness (QED) is 0.805. The lowest BCUT2D eigenvalue weighted by molar-refractivity contribution is -0.152. The minimum Gasteiger partial charge on any atom is -0.384 e. The minimum atomic E-state index is -4.11. The van der Waals surface area contributed by atoms with E-state index in [2.05, 4.69) is 5.32 Å². The zero-order valence-corrected chi connectivity index (χ0v) is 11.4. The molecule has 1 saturated carbocycles. The molecule has 1 N–H and O–H groups in total. The number of halogens is 3. The number of methoxy groups -OCH3 is 1. The highest BCUT2D eigenvalue weighted by Crippen LogP contribution is 2.36. The zero-order chi connectivity index (χ0) is 13.9. The van der Waals surface area contributed by atoms with Gasteiger partial charge < -0.3 is 10.1 Å². The average molecular weight is 280 g/mol. The maximum atomic E-state index is 12.7. The molecule has 0 atom stereocenters. The molecular weight excluding hydrogens is 257 g/mol. The van der Waals surface area contributed by atoms with Crippen molar-refractivity contribution >= 4 is 0 Å². The van der Waals surface area contributed by atoms with Gasteiger partial charge in [0, 0.05) is 25.1 Å². The van der Waals surface area contributed by atoms with Crippen molar-refractivity contribution < 1.29 is 17.9 Å². The van der Waals surface area contributed by atoms with E-state index in [0.717, 1.165) is 38.8 Å². The fourth-order valence-electron chi connectivity index (χ4n) is 3.03. The van der Waals surface area contributed by atoms with E-state index in [1.54, 1.807) is 12.0 Å². The van der Waals surface area contributed by atoms with Crippen molar-refractivity contribution in [3.05, 3.63) is 0 Å². The molecule has 2 rings (SSSR count). The van der Waals surface area contributed by atoms with E-state index in [1.807, 2.05) is 0 Å². The minimum absolute atomic E-state index is 0.117. The van der Waals surface area contributed by atoms with Crippen LogP contribution in [-0.4, -0.2) is 57.0 Å². The van der Waals surface area contributed by atoms with Gasteiger partial charge in [-0.2, -0.15) is 13.2 Å². The molecule has 1 aliphatic heterocycles. The predicted molar refractivity (Wildman–Crippen MR) is 67.1 cm³/mol. The third kappa shape index (κ3) is 4.61. The Kier molecular flexibility index (Phi) is 4.74. The molecule has 0 radical (unpaired) electrons. The van der Waals surface area contributed by atoms with Crippen molar-refractivity contribution in [3.8, 4) is 0 Å². The van der Waals surface area contributed by atoms with Gasteiger partial charge in [-0.05, 0) is 38.8 Å². The van der Waals surface area contributed by atoms with Gasteiger partial charge in [-0.1, -0.05) is 0 Å². The van der Waals surface area contributed by atoms with Crippen molar-refractivity contribution in [2.45, 2.75) is 37.9 Å². The van der Waals surface area contributed by atoms with Crippen LogP contribution in [0.1, 0.15) is 25.7 Å². The maximum Gasteiger partial charge on any atom is 0.401 e. The molecule has 1 heterocycles. The monoisotopic (exact) mass is 280 g/mol. The molecule has 2 aliphatic rings. The first-order chi connectivity index (χ1) is 8.94. The molecule has 0 bridgehead atoms. The summed E-state index contributed by atoms with van der Waals surface area (Å²) in [4.78, 5) is 1.63. The second-order valence-corrected chi connectivity index (χ2v) is 5.93. The molecule has 19 heavy (non-hydrogen) atoms.